The standard InChI is InChI=1S/C25H21NO3S/c1-17-9-5-8-14-22(17)30-16-23(28)29-15-21(27)24-19-12-6-7-13-20(19)26-25(24)18-10-3-2-4-11-18/h2-14,26H,15-16H2,1H3. The molecule has 4 nitrogen and oxygen atoms in total. The number of hydrogen-bond acceptors (Lipinski definition) is 4. The topological polar surface area (TPSA) is 59.2 Å². The van der Waals surface area contributed by atoms with Gasteiger partial charge in [0.25, 0.3) is 0 Å². The largest absolute Gasteiger partial charge is 0.457 e. The normalized spacial score (nSPS) is 10.8. The fourth-order valence-corrected chi connectivity index (χ4v) is 4.20. The highest BCUT2D eigenvalue weighted by molar-refractivity contribution is 8.00. The van der Waals surface area contributed by atoms with E-state index in [9.17, 15) is 9.59 Å². The lowest BCUT2D eigenvalue weighted by Crippen LogP contribution is -2.16. The average Bonchev–Trinajstić information content (AvgIpc) is 3.17. The third-order valence-electron chi connectivity index (χ3n) is 4.85. The molecule has 30 heavy (non-hydrogen) atoms. The van der Waals surface area contributed by atoms with Crippen molar-refractivity contribution < 1.29 is 14.3 Å². The Balaban J connectivity index is 1.49. The number of esters is 1. The molecule has 0 aliphatic rings. The molecule has 0 amide bonds. The number of benzene rings is 3. The maximum atomic E-state index is 13.0. The number of carbonyl (C=O) groups is 2. The second kappa shape index (κ2) is 9.01. The van der Waals surface area contributed by atoms with Crippen LogP contribution >= 0.6 is 11.8 Å². The van der Waals surface area contributed by atoms with E-state index in [0.717, 1.165) is 32.6 Å². The van der Waals surface area contributed by atoms with E-state index in [0.29, 0.717) is 5.56 Å². The van der Waals surface area contributed by atoms with Gasteiger partial charge in [-0.3, -0.25) is 9.59 Å². The molecule has 0 atom stereocenters. The predicted molar refractivity (Wildman–Crippen MR) is 121 cm³/mol. The van der Waals surface area contributed by atoms with Gasteiger partial charge in [0.1, 0.15) is 0 Å². The minimum Gasteiger partial charge on any atom is -0.457 e. The second-order valence-corrected chi connectivity index (χ2v) is 7.94. The van der Waals surface area contributed by atoms with Crippen LogP contribution in [0.3, 0.4) is 0 Å². The number of hydrogen-bond donors (Lipinski definition) is 1. The molecule has 1 N–H and O–H groups in total. The number of ether oxygens (including phenoxy) is 1. The molecule has 0 fully saturated rings. The number of thioether (sulfide) groups is 1. The van der Waals surface area contributed by atoms with Gasteiger partial charge in [0, 0.05) is 15.8 Å². The van der Waals surface area contributed by atoms with Gasteiger partial charge in [-0.2, -0.15) is 0 Å². The van der Waals surface area contributed by atoms with Gasteiger partial charge in [-0.15, -0.1) is 11.8 Å². The summed E-state index contributed by atoms with van der Waals surface area (Å²) in [5.41, 5.74) is 4.19. The number of H-pyrrole nitrogens is 1. The molecule has 1 aromatic heterocycles. The number of fused-ring (bicyclic) bond motifs is 1. The number of nitrogens with one attached hydrogen (secondary N) is 1. The Kier molecular flexibility index (Phi) is 6.00. The highest BCUT2D eigenvalue weighted by atomic mass is 32.2. The van der Waals surface area contributed by atoms with Crippen molar-refractivity contribution in [3.63, 3.8) is 0 Å². The lowest BCUT2D eigenvalue weighted by molar-refractivity contribution is -0.139. The van der Waals surface area contributed by atoms with Crippen molar-refractivity contribution in [2.75, 3.05) is 12.4 Å². The van der Waals surface area contributed by atoms with Crippen molar-refractivity contribution in [2.45, 2.75) is 11.8 Å². The number of aromatic amines is 1. The number of ketones is 1. The van der Waals surface area contributed by atoms with Gasteiger partial charge in [0.2, 0.25) is 5.78 Å². The number of rotatable bonds is 7. The summed E-state index contributed by atoms with van der Waals surface area (Å²) in [6, 6.07) is 25.2. The summed E-state index contributed by atoms with van der Waals surface area (Å²) in [6.07, 6.45) is 0. The van der Waals surface area contributed by atoms with E-state index < -0.39 is 5.97 Å². The Morgan fingerprint density at radius 2 is 1.60 bits per heavy atom. The second-order valence-electron chi connectivity index (χ2n) is 6.92. The van der Waals surface area contributed by atoms with E-state index in [2.05, 4.69) is 4.98 Å². The number of Topliss-reactive ketones (excluding diaryl/α,β-unsaturated/α-hetero) is 1. The minimum absolute atomic E-state index is 0.164. The molecule has 0 radical (unpaired) electrons. The van der Waals surface area contributed by atoms with Crippen LogP contribution in [-0.2, 0) is 9.53 Å². The molecular formula is C25H21NO3S. The Bertz CT molecular complexity index is 1200. The van der Waals surface area contributed by atoms with E-state index in [4.69, 9.17) is 4.74 Å². The van der Waals surface area contributed by atoms with Crippen LogP contribution in [0.15, 0.2) is 83.8 Å². The molecule has 3 aromatic carbocycles. The average molecular weight is 416 g/mol. The molecule has 4 aromatic rings. The van der Waals surface area contributed by atoms with Crippen molar-refractivity contribution in [3.8, 4) is 11.3 Å². The molecule has 0 saturated carbocycles. The van der Waals surface area contributed by atoms with Crippen molar-refractivity contribution in [1.82, 2.24) is 4.98 Å². The summed E-state index contributed by atoms with van der Waals surface area (Å²) in [7, 11) is 0. The first kappa shape index (κ1) is 20.0. The van der Waals surface area contributed by atoms with Gasteiger partial charge < -0.3 is 9.72 Å². The van der Waals surface area contributed by atoms with Crippen molar-refractivity contribution >= 4 is 34.4 Å². The van der Waals surface area contributed by atoms with E-state index in [1.807, 2.05) is 85.8 Å². The van der Waals surface area contributed by atoms with Crippen LogP contribution in [0.25, 0.3) is 22.2 Å². The molecule has 5 heteroatoms. The number of aryl methyl sites for hydroxylation is 1. The van der Waals surface area contributed by atoms with Crippen LogP contribution in [0.4, 0.5) is 0 Å². The summed E-state index contributed by atoms with van der Waals surface area (Å²) in [4.78, 5) is 29.6. The van der Waals surface area contributed by atoms with Crippen molar-refractivity contribution in [2.24, 2.45) is 0 Å². The predicted octanol–water partition coefficient (Wildman–Crippen LogP) is 5.66. The van der Waals surface area contributed by atoms with E-state index in [1.165, 1.54) is 11.8 Å². The Morgan fingerprint density at radius 3 is 2.40 bits per heavy atom. The van der Waals surface area contributed by atoms with Gasteiger partial charge in [-0.05, 0) is 30.2 Å². The van der Waals surface area contributed by atoms with Crippen molar-refractivity contribution in [3.05, 3.63) is 90.0 Å². The maximum Gasteiger partial charge on any atom is 0.316 e. The van der Waals surface area contributed by atoms with E-state index in [-0.39, 0.29) is 18.1 Å². The highest BCUT2D eigenvalue weighted by Gasteiger charge is 2.20. The molecule has 0 bridgehead atoms. The Hall–Kier alpha value is -3.31. The van der Waals surface area contributed by atoms with Crippen LogP contribution in [0.1, 0.15) is 15.9 Å². The summed E-state index contributed by atoms with van der Waals surface area (Å²) >= 11 is 1.41. The van der Waals surface area contributed by atoms with Gasteiger partial charge in [-0.1, -0.05) is 66.7 Å². The van der Waals surface area contributed by atoms with Crippen LogP contribution in [-0.4, -0.2) is 29.1 Å². The first-order valence-electron chi connectivity index (χ1n) is 9.67. The molecule has 0 saturated heterocycles. The van der Waals surface area contributed by atoms with Crippen LogP contribution < -0.4 is 0 Å². The smallest absolute Gasteiger partial charge is 0.316 e. The first-order chi connectivity index (χ1) is 14.6. The lowest BCUT2D eigenvalue weighted by Gasteiger charge is -2.07. The molecule has 1 heterocycles. The fraction of sp³-hybridized carbons (Fsp3) is 0.120. The van der Waals surface area contributed by atoms with Gasteiger partial charge in [0.15, 0.2) is 6.61 Å². The zero-order chi connectivity index (χ0) is 20.9. The zero-order valence-electron chi connectivity index (χ0n) is 16.6. The van der Waals surface area contributed by atoms with Gasteiger partial charge in [0.05, 0.1) is 17.0 Å². The Labute approximate surface area is 179 Å². The molecule has 0 aliphatic heterocycles. The van der Waals surface area contributed by atoms with Gasteiger partial charge in [-0.25, -0.2) is 0 Å². The lowest BCUT2D eigenvalue weighted by atomic mass is 10.0. The van der Waals surface area contributed by atoms with E-state index in [1.54, 1.807) is 0 Å². The van der Waals surface area contributed by atoms with Gasteiger partial charge >= 0.3 is 5.97 Å². The quantitative estimate of drug-likeness (QED) is 0.240. The summed E-state index contributed by atoms with van der Waals surface area (Å²) in [6.45, 7) is 1.72. The molecule has 4 rings (SSSR count). The molecule has 0 unspecified atom stereocenters. The number of carbonyl (C=O) groups excluding carboxylic acids is 2. The number of aromatic nitrogens is 1. The molecule has 150 valence electrons. The third kappa shape index (κ3) is 4.31. The SMILES string of the molecule is Cc1ccccc1SCC(=O)OCC(=O)c1c(-c2ccccc2)[nH]c2ccccc12. The summed E-state index contributed by atoms with van der Waals surface area (Å²) < 4.78 is 5.31. The Morgan fingerprint density at radius 1 is 0.900 bits per heavy atom. The van der Waals surface area contributed by atoms with Crippen LogP contribution in [0, 0.1) is 6.92 Å². The summed E-state index contributed by atoms with van der Waals surface area (Å²) in [5.74, 6) is -0.462. The number of para-hydroxylation sites is 1. The molecule has 0 spiro atoms. The minimum atomic E-state index is -0.405. The zero-order valence-corrected chi connectivity index (χ0v) is 17.4. The first-order valence-corrected chi connectivity index (χ1v) is 10.7. The summed E-state index contributed by atoms with van der Waals surface area (Å²) in [5, 5.41) is 0.826. The van der Waals surface area contributed by atoms with E-state index >= 15 is 0 Å². The monoisotopic (exact) mass is 415 g/mol. The van der Waals surface area contributed by atoms with Crippen LogP contribution in [0.5, 0.6) is 0 Å². The highest BCUT2D eigenvalue weighted by Crippen LogP contribution is 2.30. The fourth-order valence-electron chi connectivity index (χ4n) is 3.37. The van der Waals surface area contributed by atoms with Crippen molar-refractivity contribution in [1.29, 1.82) is 0 Å². The third-order valence-corrected chi connectivity index (χ3v) is 6.00. The van der Waals surface area contributed by atoms with Crippen LogP contribution in [0.2, 0.25) is 0 Å². The molecular weight excluding hydrogens is 394 g/mol. The maximum absolute atomic E-state index is 13.0. The molecule has 0 aliphatic carbocycles.